The summed E-state index contributed by atoms with van der Waals surface area (Å²) >= 11 is 0. The Hall–Kier alpha value is -0.872. The van der Waals surface area contributed by atoms with Gasteiger partial charge >= 0.3 is 0 Å². The summed E-state index contributed by atoms with van der Waals surface area (Å²) in [6.07, 6.45) is 4.49. The van der Waals surface area contributed by atoms with E-state index in [1.54, 1.807) is 0 Å². The molecule has 66 valence electrons. The van der Waals surface area contributed by atoms with Crippen LogP contribution in [-0.2, 0) is 35.4 Å². The van der Waals surface area contributed by atoms with E-state index < -0.39 is 0 Å². The molecule has 0 aliphatic carbocycles. The van der Waals surface area contributed by atoms with Gasteiger partial charge in [-0.2, -0.15) is 6.92 Å². The summed E-state index contributed by atoms with van der Waals surface area (Å²) in [6, 6.07) is 0. The first-order valence-corrected chi connectivity index (χ1v) is 1.35. The van der Waals surface area contributed by atoms with Crippen LogP contribution in [0.5, 0.6) is 0 Å². The summed E-state index contributed by atoms with van der Waals surface area (Å²) in [7, 11) is 0. The van der Waals surface area contributed by atoms with Gasteiger partial charge in [0.05, 0.1) is 0 Å². The molecule has 0 aromatic rings. The van der Waals surface area contributed by atoms with Crippen molar-refractivity contribution in [3.63, 3.8) is 0 Å². The summed E-state index contributed by atoms with van der Waals surface area (Å²) in [5.41, 5.74) is 0. The van der Waals surface area contributed by atoms with Gasteiger partial charge in [0.2, 0.25) is 0 Å². The average molecular weight is 325 g/mol. The molecule has 0 radical (unpaired) electrons. The molecule has 0 unspecified atom stereocenters. The topological polar surface area (TPSA) is 51.2 Å². The van der Waals surface area contributed by atoms with Gasteiger partial charge in [0.25, 0.3) is 0 Å². The van der Waals surface area contributed by atoms with E-state index in [9.17, 15) is 0 Å². The van der Waals surface area contributed by atoms with Crippen molar-refractivity contribution in [1.29, 1.82) is 0 Å². The first kappa shape index (κ1) is 49.5. The molecule has 11 heavy (non-hydrogen) atoms. The molecule has 0 atom stereocenters. The van der Waals surface area contributed by atoms with Crippen molar-refractivity contribution in [3.05, 3.63) is 14.4 Å². The Morgan fingerprint density at radius 1 is 1.00 bits per heavy atom. The fourth-order valence-corrected chi connectivity index (χ4v) is 0. The van der Waals surface area contributed by atoms with Gasteiger partial charge in [-0.15, -0.1) is 0 Å². The first-order chi connectivity index (χ1) is 4.41. The van der Waals surface area contributed by atoms with E-state index in [0.29, 0.717) is 0 Å². The number of hydrogen-bond donors (Lipinski definition) is 0. The maximum absolute atomic E-state index is 7.75. The summed E-state index contributed by atoms with van der Waals surface area (Å²) in [6.45, 7) is 12.8. The number of hydrogen-bond acceptors (Lipinski definition) is 3. The molecule has 0 heterocycles. The fraction of sp³-hybridized carbons (Fsp3) is 0. The third-order valence-corrected chi connectivity index (χ3v) is 0. The Morgan fingerprint density at radius 3 is 1.00 bits per heavy atom. The minimum absolute atomic E-state index is 0. The quantitative estimate of drug-likeness (QED) is 0.360. The second-order valence-corrected chi connectivity index (χ2v) is 0.204. The first-order valence-electron chi connectivity index (χ1n) is 1.35. The van der Waals surface area contributed by atoms with Gasteiger partial charge in [-0.25, -0.2) is 0 Å². The Morgan fingerprint density at radius 2 is 1.00 bits per heavy atom. The molecular formula is C7H9O3W-5. The molecule has 0 bridgehead atoms. The van der Waals surface area contributed by atoms with Crippen LogP contribution in [0.3, 0.4) is 0 Å². The monoisotopic (exact) mass is 325 g/mol. The SMILES string of the molecule is C#C[CH2-].[CH-]=O.[CH-]=O.[CH-]=O.[CH3-].[W]. The molecule has 0 amide bonds. The van der Waals surface area contributed by atoms with Crippen molar-refractivity contribution in [3.8, 4) is 12.3 Å². The van der Waals surface area contributed by atoms with Crippen LogP contribution in [0.1, 0.15) is 0 Å². The van der Waals surface area contributed by atoms with Crippen molar-refractivity contribution in [2.75, 3.05) is 0 Å². The second kappa shape index (κ2) is 36600. The van der Waals surface area contributed by atoms with Crippen LogP contribution in [0.25, 0.3) is 0 Å². The van der Waals surface area contributed by atoms with Gasteiger partial charge in [-0.3, -0.25) is 20.4 Å². The van der Waals surface area contributed by atoms with Gasteiger partial charge in [0, 0.05) is 21.1 Å². The largest absolute Gasteiger partial charge is 0.545 e. The smallest absolute Gasteiger partial charge is 0 e. The van der Waals surface area contributed by atoms with E-state index in [0.717, 1.165) is 0 Å². The van der Waals surface area contributed by atoms with E-state index in [4.69, 9.17) is 14.4 Å². The standard InChI is InChI=1S/C3H3.3CHO.CH3.W/c1-3-2;3*1-2;;/h1H,2H2;3*1H;1H3;/q5*-1;. The molecule has 0 spiro atoms. The molecule has 0 rings (SSSR count). The van der Waals surface area contributed by atoms with Crippen molar-refractivity contribution in [1.82, 2.24) is 0 Å². The zero-order chi connectivity index (χ0) is 8.71. The van der Waals surface area contributed by atoms with Crippen LogP contribution in [0.2, 0.25) is 0 Å². The number of rotatable bonds is 0. The molecular weight excluding hydrogens is 316 g/mol. The average Bonchev–Trinajstić information content (AvgIpc) is 2.01. The maximum Gasteiger partial charge on any atom is 0 e. The van der Waals surface area contributed by atoms with Crippen LogP contribution in [0.4, 0.5) is 0 Å². The predicted molar refractivity (Wildman–Crippen MR) is 40.9 cm³/mol. The molecule has 0 saturated heterocycles. The van der Waals surface area contributed by atoms with E-state index >= 15 is 0 Å². The van der Waals surface area contributed by atoms with E-state index in [1.807, 2.05) is 5.92 Å². The van der Waals surface area contributed by atoms with Crippen molar-refractivity contribution in [2.45, 2.75) is 0 Å². The van der Waals surface area contributed by atoms with Crippen LogP contribution >= 0.6 is 0 Å². The third-order valence-electron chi connectivity index (χ3n) is 0. The van der Waals surface area contributed by atoms with Crippen molar-refractivity contribution in [2.24, 2.45) is 0 Å². The summed E-state index contributed by atoms with van der Waals surface area (Å²) in [5, 5.41) is 0. The zero-order valence-corrected chi connectivity index (χ0v) is 9.08. The summed E-state index contributed by atoms with van der Waals surface area (Å²) in [4.78, 5) is 23.2. The molecule has 0 aliphatic heterocycles. The normalized spacial score (nSPS) is 1.73. The molecule has 0 N–H and O–H groups in total. The summed E-state index contributed by atoms with van der Waals surface area (Å²) in [5.74, 6) is 2.00. The number of carbonyl (C=O) groups excluding carboxylic acids is 3. The van der Waals surface area contributed by atoms with Gasteiger partial charge in [-0.05, 0) is 0 Å². The molecule has 0 aliphatic rings. The van der Waals surface area contributed by atoms with Crippen LogP contribution in [-0.4, -0.2) is 20.4 Å². The van der Waals surface area contributed by atoms with Crippen LogP contribution in [0, 0.1) is 26.7 Å². The minimum atomic E-state index is 0. The Bertz CT molecular complexity index is 56.4. The van der Waals surface area contributed by atoms with Gasteiger partial charge in [0.15, 0.2) is 0 Å². The Labute approximate surface area is 82.8 Å². The molecule has 0 fully saturated rings. The third kappa shape index (κ3) is 610. The maximum atomic E-state index is 7.75. The molecule has 0 aromatic carbocycles. The van der Waals surface area contributed by atoms with Gasteiger partial charge < -0.3 is 34.2 Å². The molecule has 4 heteroatoms. The van der Waals surface area contributed by atoms with Crippen LogP contribution < -0.4 is 0 Å². The second-order valence-electron chi connectivity index (χ2n) is 0.204. The summed E-state index contributed by atoms with van der Waals surface area (Å²) < 4.78 is 0. The number of terminal acetylenes is 1. The zero-order valence-electron chi connectivity index (χ0n) is 6.15. The van der Waals surface area contributed by atoms with E-state index in [1.165, 1.54) is 0 Å². The minimum Gasteiger partial charge on any atom is -0.545 e. The predicted octanol–water partition coefficient (Wildman–Crippen LogP) is 0.0792. The molecule has 0 saturated carbocycles. The molecule has 0 aromatic heterocycles. The fourth-order valence-electron chi connectivity index (χ4n) is 0. The Kier molecular flexibility index (Phi) is 165000. The van der Waals surface area contributed by atoms with Gasteiger partial charge in [-0.1, -0.05) is 0 Å². The van der Waals surface area contributed by atoms with E-state index in [2.05, 4.69) is 33.7 Å². The van der Waals surface area contributed by atoms with Crippen molar-refractivity contribution >= 4 is 20.4 Å². The van der Waals surface area contributed by atoms with Gasteiger partial charge in [0.1, 0.15) is 0 Å². The Balaban J connectivity index is -0.00000000729. The van der Waals surface area contributed by atoms with Crippen molar-refractivity contribution < 1.29 is 35.4 Å². The van der Waals surface area contributed by atoms with E-state index in [-0.39, 0.29) is 28.5 Å². The van der Waals surface area contributed by atoms with Crippen LogP contribution in [0.15, 0.2) is 0 Å². The molecule has 3 nitrogen and oxygen atoms in total.